The van der Waals surface area contributed by atoms with Crippen molar-refractivity contribution in [2.24, 2.45) is 7.05 Å². The summed E-state index contributed by atoms with van der Waals surface area (Å²) < 4.78 is 7.95. The average molecular weight is 405 g/mol. The van der Waals surface area contributed by atoms with Gasteiger partial charge in [0.15, 0.2) is 12.0 Å². The number of carbonyl (C=O) groups is 1. The van der Waals surface area contributed by atoms with E-state index in [1.54, 1.807) is 12.1 Å². The van der Waals surface area contributed by atoms with Gasteiger partial charge in [0.05, 0.1) is 10.5 Å². The molecule has 1 aromatic heterocycles. The van der Waals surface area contributed by atoms with Crippen LogP contribution in [0, 0.1) is 6.92 Å². The molecule has 0 radical (unpaired) electrons. The molecule has 1 heterocycles. The maximum absolute atomic E-state index is 11.5. The highest BCUT2D eigenvalue weighted by atomic mass is 35.5. The van der Waals surface area contributed by atoms with E-state index >= 15 is 0 Å². The van der Waals surface area contributed by atoms with Crippen molar-refractivity contribution in [2.45, 2.75) is 39.5 Å². The van der Waals surface area contributed by atoms with Gasteiger partial charge in [0.2, 0.25) is 0 Å². The van der Waals surface area contributed by atoms with Crippen LogP contribution in [-0.2, 0) is 7.05 Å². The highest BCUT2D eigenvalue weighted by Crippen LogP contribution is 2.38. The summed E-state index contributed by atoms with van der Waals surface area (Å²) in [5.74, 6) is 0.897. The Morgan fingerprint density at radius 1 is 1.22 bits per heavy atom. The van der Waals surface area contributed by atoms with E-state index in [0.29, 0.717) is 38.8 Å². The van der Waals surface area contributed by atoms with E-state index in [4.69, 9.17) is 27.9 Å². The molecule has 27 heavy (non-hydrogen) atoms. The molecule has 0 aliphatic carbocycles. The number of fused-ring (bicyclic) bond motifs is 1. The number of aryl methyl sites for hydroxylation is 2. The molecule has 0 N–H and O–H groups in total. The zero-order chi connectivity index (χ0) is 19.7. The number of rotatable bonds is 6. The van der Waals surface area contributed by atoms with Crippen LogP contribution in [0.3, 0.4) is 0 Å². The number of carbonyl (C=O) groups excluding carboxylic acids is 1. The first-order chi connectivity index (χ1) is 12.9. The summed E-state index contributed by atoms with van der Waals surface area (Å²) in [4.78, 5) is 16.2. The fourth-order valence-corrected chi connectivity index (χ4v) is 4.13. The maximum Gasteiger partial charge on any atom is 0.302 e. The fourth-order valence-electron chi connectivity index (χ4n) is 3.50. The minimum Gasteiger partial charge on any atom is -0.424 e. The van der Waals surface area contributed by atoms with Crippen LogP contribution in [0.1, 0.15) is 54.1 Å². The summed E-state index contributed by atoms with van der Waals surface area (Å²) in [7, 11) is 1.89. The molecule has 4 nitrogen and oxygen atoms in total. The van der Waals surface area contributed by atoms with Gasteiger partial charge in [-0.1, -0.05) is 43.1 Å². The molecular weight excluding hydrogens is 383 g/mol. The Bertz CT molecular complexity index is 984. The molecule has 142 valence electrons. The smallest absolute Gasteiger partial charge is 0.302 e. The highest BCUT2D eigenvalue weighted by Gasteiger charge is 2.21. The summed E-state index contributed by atoms with van der Waals surface area (Å²) in [6, 6.07) is 7.67. The first-order valence-electron chi connectivity index (χ1n) is 8.99. The molecule has 0 aliphatic heterocycles. The van der Waals surface area contributed by atoms with Crippen molar-refractivity contribution >= 4 is 40.5 Å². The Balaban J connectivity index is 2.20. The zero-order valence-electron chi connectivity index (χ0n) is 15.8. The second-order valence-corrected chi connectivity index (χ2v) is 7.51. The highest BCUT2D eigenvalue weighted by molar-refractivity contribution is 6.35. The Hall–Kier alpha value is -2.04. The standard InChI is InChI=1S/C21H22Cl2N2O2/c1-5-13(6-2)16-8-7-14(11-26)18-19(16)25(4)21(24-18)27-20-12(3)9-15(22)10-17(20)23/h7-11,13H,5-6H2,1-4H3. The predicted octanol–water partition coefficient (Wildman–Crippen LogP) is 6.70. The number of imidazole rings is 1. The minimum atomic E-state index is 0.386. The van der Waals surface area contributed by atoms with Crippen molar-refractivity contribution in [3.8, 4) is 11.8 Å². The third kappa shape index (κ3) is 3.56. The van der Waals surface area contributed by atoms with Gasteiger partial charge in [0, 0.05) is 17.6 Å². The second-order valence-electron chi connectivity index (χ2n) is 6.66. The van der Waals surface area contributed by atoms with Crippen LogP contribution in [0.5, 0.6) is 11.8 Å². The number of aromatic nitrogens is 2. The normalized spacial score (nSPS) is 11.4. The van der Waals surface area contributed by atoms with Gasteiger partial charge in [-0.25, -0.2) is 0 Å². The van der Waals surface area contributed by atoms with Crippen LogP contribution in [0.4, 0.5) is 0 Å². The molecule has 0 atom stereocenters. The number of aldehydes is 1. The third-order valence-electron chi connectivity index (χ3n) is 4.98. The van der Waals surface area contributed by atoms with Gasteiger partial charge in [-0.15, -0.1) is 0 Å². The number of hydrogen-bond donors (Lipinski definition) is 0. The van der Waals surface area contributed by atoms with Gasteiger partial charge < -0.3 is 4.74 Å². The SMILES string of the molecule is CCC(CC)c1ccc(C=O)c2nc(Oc3c(C)cc(Cl)cc3Cl)n(C)c12. The molecular formula is C21H22Cl2N2O2. The molecule has 0 amide bonds. The number of ether oxygens (including phenoxy) is 1. The number of halogens is 2. The Kier molecular flexibility index (Phi) is 5.78. The lowest BCUT2D eigenvalue weighted by atomic mass is 9.92. The lowest BCUT2D eigenvalue weighted by Gasteiger charge is -2.16. The number of nitrogens with zero attached hydrogens (tertiary/aromatic N) is 2. The Labute approximate surface area is 169 Å². The van der Waals surface area contributed by atoms with Crippen LogP contribution in [-0.4, -0.2) is 15.8 Å². The van der Waals surface area contributed by atoms with Gasteiger partial charge in [-0.3, -0.25) is 9.36 Å². The molecule has 0 saturated carbocycles. The average Bonchev–Trinajstić information content (AvgIpc) is 2.96. The fraction of sp³-hybridized carbons (Fsp3) is 0.333. The van der Waals surface area contributed by atoms with Crippen LogP contribution in [0.2, 0.25) is 10.0 Å². The van der Waals surface area contributed by atoms with E-state index in [0.717, 1.165) is 30.2 Å². The summed E-state index contributed by atoms with van der Waals surface area (Å²) >= 11 is 12.4. The molecule has 6 heteroatoms. The Morgan fingerprint density at radius 3 is 2.52 bits per heavy atom. The number of benzene rings is 2. The topological polar surface area (TPSA) is 44.1 Å². The molecule has 0 spiro atoms. The molecule has 3 aromatic rings. The van der Waals surface area contributed by atoms with Crippen LogP contribution in [0.25, 0.3) is 11.0 Å². The van der Waals surface area contributed by atoms with Crippen LogP contribution in [0.15, 0.2) is 24.3 Å². The van der Waals surface area contributed by atoms with Gasteiger partial charge in [-0.2, -0.15) is 4.98 Å². The zero-order valence-corrected chi connectivity index (χ0v) is 17.4. The Morgan fingerprint density at radius 2 is 1.93 bits per heavy atom. The van der Waals surface area contributed by atoms with Crippen molar-refractivity contribution < 1.29 is 9.53 Å². The van der Waals surface area contributed by atoms with E-state index in [9.17, 15) is 4.79 Å². The van der Waals surface area contributed by atoms with Crippen molar-refractivity contribution in [1.29, 1.82) is 0 Å². The maximum atomic E-state index is 11.5. The first kappa shape index (κ1) is 19.7. The third-order valence-corrected chi connectivity index (χ3v) is 5.48. The summed E-state index contributed by atoms with van der Waals surface area (Å²) in [5.41, 5.74) is 4.10. The van der Waals surface area contributed by atoms with Crippen molar-refractivity contribution in [2.75, 3.05) is 0 Å². The quantitative estimate of drug-likeness (QED) is 0.429. The summed E-state index contributed by atoms with van der Waals surface area (Å²) in [6.45, 7) is 6.21. The second kappa shape index (κ2) is 7.91. The molecule has 3 rings (SSSR count). The van der Waals surface area contributed by atoms with E-state index in [-0.39, 0.29) is 0 Å². The van der Waals surface area contributed by atoms with E-state index in [2.05, 4.69) is 18.8 Å². The monoisotopic (exact) mass is 404 g/mol. The largest absolute Gasteiger partial charge is 0.424 e. The molecule has 0 unspecified atom stereocenters. The minimum absolute atomic E-state index is 0.386. The van der Waals surface area contributed by atoms with Gasteiger partial charge in [0.1, 0.15) is 5.52 Å². The summed E-state index contributed by atoms with van der Waals surface area (Å²) in [6.07, 6.45) is 2.85. The van der Waals surface area contributed by atoms with Crippen LogP contribution >= 0.6 is 23.2 Å². The summed E-state index contributed by atoms with van der Waals surface area (Å²) in [5, 5.41) is 0.969. The van der Waals surface area contributed by atoms with Gasteiger partial charge >= 0.3 is 6.01 Å². The van der Waals surface area contributed by atoms with Gasteiger partial charge in [-0.05, 0) is 55.0 Å². The van der Waals surface area contributed by atoms with E-state index < -0.39 is 0 Å². The molecule has 0 aliphatic rings. The van der Waals surface area contributed by atoms with E-state index in [1.807, 2.05) is 30.7 Å². The molecule has 2 aromatic carbocycles. The molecule has 0 bridgehead atoms. The molecule has 0 fully saturated rings. The first-order valence-corrected chi connectivity index (χ1v) is 9.74. The lowest BCUT2D eigenvalue weighted by Crippen LogP contribution is -2.02. The predicted molar refractivity (Wildman–Crippen MR) is 111 cm³/mol. The van der Waals surface area contributed by atoms with Crippen molar-refractivity contribution in [3.05, 3.63) is 51.0 Å². The van der Waals surface area contributed by atoms with Crippen LogP contribution < -0.4 is 4.74 Å². The molecule has 0 saturated heterocycles. The van der Waals surface area contributed by atoms with Crippen molar-refractivity contribution in [3.63, 3.8) is 0 Å². The number of hydrogen-bond acceptors (Lipinski definition) is 3. The lowest BCUT2D eigenvalue weighted by molar-refractivity contribution is 0.112. The van der Waals surface area contributed by atoms with Crippen molar-refractivity contribution in [1.82, 2.24) is 9.55 Å². The van der Waals surface area contributed by atoms with Gasteiger partial charge in [0.25, 0.3) is 0 Å². The van der Waals surface area contributed by atoms with E-state index in [1.165, 1.54) is 5.56 Å².